The zero-order valence-corrected chi connectivity index (χ0v) is 18.2. The van der Waals surface area contributed by atoms with Crippen molar-refractivity contribution < 1.29 is 24.1 Å². The third-order valence-electron chi connectivity index (χ3n) is 5.45. The Labute approximate surface area is 154 Å². The average Bonchev–Trinajstić information content (AvgIpc) is 2.73. The zero-order valence-electron chi connectivity index (χ0n) is 17.2. The summed E-state index contributed by atoms with van der Waals surface area (Å²) in [6.07, 6.45) is 0.206. The monoisotopic (exact) mass is 374 g/mol. The molecule has 0 aromatic heterocycles. The van der Waals surface area contributed by atoms with E-state index < -0.39 is 26.3 Å². The van der Waals surface area contributed by atoms with Gasteiger partial charge in [-0.05, 0) is 45.3 Å². The summed E-state index contributed by atoms with van der Waals surface area (Å²) in [6, 6.07) is 0. The molecule has 0 amide bonds. The Morgan fingerprint density at radius 1 is 1.28 bits per heavy atom. The van der Waals surface area contributed by atoms with Crippen molar-refractivity contribution in [2.24, 2.45) is 5.92 Å². The van der Waals surface area contributed by atoms with E-state index in [1.165, 1.54) is 0 Å². The molecule has 1 fully saturated rings. The summed E-state index contributed by atoms with van der Waals surface area (Å²) in [5.74, 6) is -0.973. The average molecular weight is 375 g/mol. The normalized spacial score (nSPS) is 27.8. The fourth-order valence-electron chi connectivity index (χ4n) is 2.97. The van der Waals surface area contributed by atoms with Gasteiger partial charge < -0.3 is 24.1 Å². The van der Waals surface area contributed by atoms with Gasteiger partial charge in [0.25, 0.3) is 0 Å². The molecule has 0 aliphatic carbocycles. The molecule has 0 saturated carbocycles. The lowest BCUT2D eigenvalue weighted by Gasteiger charge is -2.43. The summed E-state index contributed by atoms with van der Waals surface area (Å²) in [5.41, 5.74) is 0. The second-order valence-corrected chi connectivity index (χ2v) is 13.8. The molecule has 1 aliphatic heterocycles. The Morgan fingerprint density at radius 3 is 2.20 bits per heavy atom. The van der Waals surface area contributed by atoms with Crippen molar-refractivity contribution >= 4 is 8.32 Å². The number of aliphatic hydroxyl groups is 2. The molecule has 2 N–H and O–H groups in total. The van der Waals surface area contributed by atoms with Crippen molar-refractivity contribution in [2.45, 2.75) is 96.3 Å². The molecule has 148 valence electrons. The van der Waals surface area contributed by atoms with Gasteiger partial charge in [0.1, 0.15) is 12.2 Å². The molecular formula is C19H38O5Si. The Balaban J connectivity index is 3.16. The van der Waals surface area contributed by atoms with Crippen molar-refractivity contribution in [2.75, 3.05) is 6.61 Å². The van der Waals surface area contributed by atoms with Crippen LogP contribution in [0.4, 0.5) is 0 Å². The van der Waals surface area contributed by atoms with Crippen LogP contribution in [0.2, 0.25) is 18.1 Å². The maximum absolute atomic E-state index is 11.1. The van der Waals surface area contributed by atoms with Crippen LogP contribution in [-0.4, -0.2) is 55.3 Å². The van der Waals surface area contributed by atoms with E-state index in [1.807, 2.05) is 20.8 Å². The number of rotatable bonds is 8. The fourth-order valence-corrected chi connectivity index (χ4v) is 4.28. The molecule has 1 rings (SSSR count). The largest absolute Gasteiger partial charge is 0.409 e. The van der Waals surface area contributed by atoms with Crippen LogP contribution in [0, 0.1) is 5.92 Å². The molecule has 1 heterocycles. The van der Waals surface area contributed by atoms with E-state index >= 15 is 0 Å². The summed E-state index contributed by atoms with van der Waals surface area (Å²) >= 11 is 0. The van der Waals surface area contributed by atoms with Crippen molar-refractivity contribution in [3.05, 3.63) is 12.7 Å². The number of hydrogen-bond acceptors (Lipinski definition) is 5. The third-order valence-corrected chi connectivity index (χ3v) is 9.93. The SMILES string of the molecule is C=C[C@@H](CCO)[C@H](O)[C@@H](O[Si](C)(C)C(C)(C)C)[C@H]1OC(C)(C)O[C@@H]1C. The summed E-state index contributed by atoms with van der Waals surface area (Å²) in [6.45, 7) is 20.3. The second kappa shape index (κ2) is 8.19. The molecule has 0 unspecified atom stereocenters. The smallest absolute Gasteiger partial charge is 0.192 e. The van der Waals surface area contributed by atoms with Crippen LogP contribution >= 0.6 is 0 Å². The van der Waals surface area contributed by atoms with Crippen molar-refractivity contribution in [3.63, 3.8) is 0 Å². The minimum atomic E-state index is -2.15. The lowest BCUT2D eigenvalue weighted by Crippen LogP contribution is -2.54. The first kappa shape index (κ1) is 22.8. The van der Waals surface area contributed by atoms with Crippen LogP contribution in [-0.2, 0) is 13.9 Å². The highest BCUT2D eigenvalue weighted by atomic mass is 28.4. The van der Waals surface area contributed by atoms with Gasteiger partial charge in [0.05, 0.1) is 12.2 Å². The molecule has 5 atom stereocenters. The van der Waals surface area contributed by atoms with Crippen LogP contribution in [0.1, 0.15) is 48.0 Å². The van der Waals surface area contributed by atoms with Crippen LogP contribution in [0.25, 0.3) is 0 Å². The molecule has 0 radical (unpaired) electrons. The maximum atomic E-state index is 11.1. The van der Waals surface area contributed by atoms with Gasteiger partial charge in [-0.1, -0.05) is 26.8 Å². The Kier molecular flexibility index (Phi) is 7.47. The molecule has 0 spiro atoms. The molecule has 0 aromatic carbocycles. The highest BCUT2D eigenvalue weighted by Crippen LogP contribution is 2.41. The number of aliphatic hydroxyl groups excluding tert-OH is 2. The summed E-state index contributed by atoms with van der Waals surface area (Å²) in [4.78, 5) is 0. The predicted molar refractivity (Wildman–Crippen MR) is 103 cm³/mol. The van der Waals surface area contributed by atoms with E-state index in [0.29, 0.717) is 6.42 Å². The summed E-state index contributed by atoms with van der Waals surface area (Å²) in [7, 11) is -2.15. The molecule has 1 aliphatic rings. The van der Waals surface area contributed by atoms with Gasteiger partial charge in [0.15, 0.2) is 14.1 Å². The van der Waals surface area contributed by atoms with E-state index in [4.69, 9.17) is 13.9 Å². The van der Waals surface area contributed by atoms with E-state index in [9.17, 15) is 10.2 Å². The summed E-state index contributed by atoms with van der Waals surface area (Å²) in [5, 5.41) is 20.4. The Hall–Kier alpha value is -0.243. The highest BCUT2D eigenvalue weighted by molar-refractivity contribution is 6.74. The third kappa shape index (κ3) is 5.61. The molecular weight excluding hydrogens is 336 g/mol. The molecule has 25 heavy (non-hydrogen) atoms. The van der Waals surface area contributed by atoms with Gasteiger partial charge in [-0.15, -0.1) is 6.58 Å². The lowest BCUT2D eigenvalue weighted by molar-refractivity contribution is -0.162. The van der Waals surface area contributed by atoms with Crippen LogP contribution < -0.4 is 0 Å². The van der Waals surface area contributed by atoms with Crippen molar-refractivity contribution in [1.29, 1.82) is 0 Å². The standard InChI is InChI=1S/C19H38O5Si/c1-10-14(11-12-20)15(21)17(24-25(8,9)18(3,4)5)16-13(2)22-19(6,7)23-16/h10,13-17,20-21H,1,11-12H2,2-9H3/t13-,14+,15+,16+,17-/m1/s1. The predicted octanol–water partition coefficient (Wildman–Crippen LogP) is 3.46. The first-order valence-corrected chi connectivity index (χ1v) is 12.1. The fraction of sp³-hybridized carbons (Fsp3) is 0.895. The number of hydrogen-bond donors (Lipinski definition) is 2. The quantitative estimate of drug-likeness (QED) is 0.503. The maximum Gasteiger partial charge on any atom is 0.192 e. The van der Waals surface area contributed by atoms with Gasteiger partial charge in [-0.25, -0.2) is 0 Å². The number of ether oxygens (including phenoxy) is 2. The second-order valence-electron chi connectivity index (χ2n) is 9.05. The molecule has 1 saturated heterocycles. The molecule has 6 heteroatoms. The van der Waals surface area contributed by atoms with E-state index in [1.54, 1.807) is 6.08 Å². The minimum absolute atomic E-state index is 0.00381. The van der Waals surface area contributed by atoms with Crippen LogP contribution in [0.5, 0.6) is 0 Å². The van der Waals surface area contributed by atoms with E-state index in [0.717, 1.165) is 0 Å². The van der Waals surface area contributed by atoms with Gasteiger partial charge in [-0.3, -0.25) is 0 Å². The Bertz CT molecular complexity index is 444. The van der Waals surface area contributed by atoms with Crippen molar-refractivity contribution in [3.8, 4) is 0 Å². The first-order chi connectivity index (χ1) is 11.3. The molecule has 5 nitrogen and oxygen atoms in total. The topological polar surface area (TPSA) is 68.2 Å². The lowest BCUT2D eigenvalue weighted by atomic mass is 9.91. The van der Waals surface area contributed by atoms with Gasteiger partial charge >= 0.3 is 0 Å². The summed E-state index contributed by atoms with van der Waals surface area (Å²) < 4.78 is 18.6. The van der Waals surface area contributed by atoms with Gasteiger partial charge in [0.2, 0.25) is 0 Å². The molecule has 0 bridgehead atoms. The van der Waals surface area contributed by atoms with Crippen molar-refractivity contribution in [1.82, 2.24) is 0 Å². The van der Waals surface area contributed by atoms with Gasteiger partial charge in [0, 0.05) is 12.5 Å². The Morgan fingerprint density at radius 2 is 1.84 bits per heavy atom. The van der Waals surface area contributed by atoms with E-state index in [-0.39, 0.29) is 29.8 Å². The first-order valence-electron chi connectivity index (χ1n) is 9.20. The highest BCUT2D eigenvalue weighted by Gasteiger charge is 2.50. The van der Waals surface area contributed by atoms with Gasteiger partial charge in [-0.2, -0.15) is 0 Å². The van der Waals surface area contributed by atoms with Crippen LogP contribution in [0.3, 0.4) is 0 Å². The minimum Gasteiger partial charge on any atom is -0.409 e. The zero-order chi connectivity index (χ0) is 19.6. The molecule has 0 aromatic rings. The van der Waals surface area contributed by atoms with E-state index in [2.05, 4.69) is 40.4 Å². The van der Waals surface area contributed by atoms with Crippen LogP contribution in [0.15, 0.2) is 12.7 Å².